The van der Waals surface area contributed by atoms with Gasteiger partial charge in [0.1, 0.15) is 6.29 Å². The summed E-state index contributed by atoms with van der Waals surface area (Å²) >= 11 is 0. The maximum Gasteiger partial charge on any atom is 0.238 e. The second kappa shape index (κ2) is 6.25. The van der Waals surface area contributed by atoms with Gasteiger partial charge in [-0.2, -0.15) is 0 Å². The van der Waals surface area contributed by atoms with Crippen LogP contribution in [0.2, 0.25) is 0 Å². The Kier molecular flexibility index (Phi) is 4.58. The highest BCUT2D eigenvalue weighted by molar-refractivity contribution is 7.89. The molecule has 22 heavy (non-hydrogen) atoms. The molecule has 0 aliphatic carbocycles. The lowest BCUT2D eigenvalue weighted by atomic mass is 9.92. The van der Waals surface area contributed by atoms with Gasteiger partial charge in [0, 0.05) is 0 Å². The molecule has 116 valence electrons. The van der Waals surface area contributed by atoms with Gasteiger partial charge in [0.25, 0.3) is 0 Å². The first kappa shape index (κ1) is 16.1. The first-order valence-corrected chi connectivity index (χ1v) is 7.83. The maximum atomic E-state index is 13.7. The van der Waals surface area contributed by atoms with Crippen molar-refractivity contribution in [1.82, 2.24) is 0 Å². The monoisotopic (exact) mass is 323 g/mol. The Morgan fingerprint density at radius 2 is 1.73 bits per heavy atom. The van der Waals surface area contributed by atoms with Gasteiger partial charge >= 0.3 is 0 Å². The molecule has 5 nitrogen and oxygen atoms in total. The molecule has 0 saturated carbocycles. The molecule has 0 fully saturated rings. The van der Waals surface area contributed by atoms with Crippen molar-refractivity contribution < 1.29 is 22.3 Å². The molecule has 0 radical (unpaired) electrons. The number of carbonyl (C=O) groups is 1. The number of hydrogen-bond donors (Lipinski definition) is 1. The predicted octanol–water partition coefficient (Wildman–Crippen LogP) is 1.81. The van der Waals surface area contributed by atoms with Gasteiger partial charge in [0.05, 0.1) is 17.9 Å². The van der Waals surface area contributed by atoms with E-state index in [1.807, 2.05) is 0 Å². The molecule has 7 heteroatoms. The van der Waals surface area contributed by atoms with Crippen LogP contribution in [0, 0.1) is 5.82 Å². The van der Waals surface area contributed by atoms with E-state index in [1.165, 1.54) is 43.5 Å². The minimum Gasteiger partial charge on any atom is -0.494 e. The Labute approximate surface area is 127 Å². The molecule has 1 unspecified atom stereocenters. The average molecular weight is 323 g/mol. The second-order valence-electron chi connectivity index (χ2n) is 4.62. The number of aldehydes is 1. The molecule has 0 saturated heterocycles. The summed E-state index contributed by atoms with van der Waals surface area (Å²) in [6, 6.07) is 9.78. The zero-order valence-corrected chi connectivity index (χ0v) is 12.5. The van der Waals surface area contributed by atoms with Gasteiger partial charge in [-0.3, -0.25) is 0 Å². The fourth-order valence-corrected chi connectivity index (χ4v) is 2.61. The fourth-order valence-electron chi connectivity index (χ4n) is 2.09. The minimum atomic E-state index is -3.80. The van der Waals surface area contributed by atoms with Crippen molar-refractivity contribution >= 4 is 16.3 Å². The largest absolute Gasteiger partial charge is 0.494 e. The zero-order chi connectivity index (χ0) is 16.3. The van der Waals surface area contributed by atoms with Crippen molar-refractivity contribution in [2.45, 2.75) is 10.8 Å². The predicted molar refractivity (Wildman–Crippen MR) is 78.7 cm³/mol. The molecule has 2 N–H and O–H groups in total. The summed E-state index contributed by atoms with van der Waals surface area (Å²) in [5.41, 5.74) is 0.976. The number of rotatable bonds is 5. The number of carbonyl (C=O) groups excluding carboxylic acids is 1. The van der Waals surface area contributed by atoms with E-state index in [-0.39, 0.29) is 10.6 Å². The number of halogens is 1. The van der Waals surface area contributed by atoms with Crippen molar-refractivity contribution in [2.75, 3.05) is 7.11 Å². The molecule has 2 rings (SSSR count). The average Bonchev–Trinajstić information content (AvgIpc) is 2.48. The van der Waals surface area contributed by atoms with E-state index in [2.05, 4.69) is 0 Å². The van der Waals surface area contributed by atoms with Gasteiger partial charge in [0.2, 0.25) is 10.0 Å². The summed E-state index contributed by atoms with van der Waals surface area (Å²) in [6.07, 6.45) is 0.660. The molecule has 0 aromatic heterocycles. The summed E-state index contributed by atoms with van der Waals surface area (Å²) in [4.78, 5) is 11.3. The summed E-state index contributed by atoms with van der Waals surface area (Å²) in [5.74, 6) is -1.21. The number of nitrogens with two attached hydrogens (primary N) is 1. The maximum absolute atomic E-state index is 13.7. The Hall–Kier alpha value is -2.25. The van der Waals surface area contributed by atoms with Crippen LogP contribution in [0.4, 0.5) is 4.39 Å². The molecular formula is C15H14FNO4S. The van der Waals surface area contributed by atoms with Gasteiger partial charge < -0.3 is 9.53 Å². The lowest BCUT2D eigenvalue weighted by molar-refractivity contribution is -0.108. The van der Waals surface area contributed by atoms with E-state index in [0.717, 1.165) is 0 Å². The first-order chi connectivity index (χ1) is 10.4. The third kappa shape index (κ3) is 3.32. The van der Waals surface area contributed by atoms with Gasteiger partial charge in [-0.25, -0.2) is 17.9 Å². The van der Waals surface area contributed by atoms with E-state index in [1.54, 1.807) is 6.07 Å². The van der Waals surface area contributed by atoms with E-state index in [4.69, 9.17) is 9.88 Å². The van der Waals surface area contributed by atoms with Crippen LogP contribution < -0.4 is 9.88 Å². The van der Waals surface area contributed by atoms with Crippen LogP contribution in [-0.4, -0.2) is 21.8 Å². The Bertz CT molecular complexity index is 788. The fraction of sp³-hybridized carbons (Fsp3) is 0.133. The summed E-state index contributed by atoms with van der Waals surface area (Å²) in [5, 5.41) is 5.02. The first-order valence-electron chi connectivity index (χ1n) is 6.28. The van der Waals surface area contributed by atoms with Crippen molar-refractivity contribution in [2.24, 2.45) is 5.14 Å². The Balaban J connectivity index is 2.40. The van der Waals surface area contributed by atoms with Crippen LogP contribution in [0.25, 0.3) is 0 Å². The van der Waals surface area contributed by atoms with Gasteiger partial charge in [-0.05, 0) is 35.4 Å². The van der Waals surface area contributed by atoms with Crippen LogP contribution in [0.3, 0.4) is 0 Å². The van der Waals surface area contributed by atoms with Gasteiger partial charge in [-0.15, -0.1) is 0 Å². The van der Waals surface area contributed by atoms with Crippen LogP contribution >= 0.6 is 0 Å². The SMILES string of the molecule is COc1ccc(C(C=O)c2ccc(S(N)(=O)=O)cc2)cc1F. The summed E-state index contributed by atoms with van der Waals surface area (Å²) in [7, 11) is -2.45. The number of ether oxygens (including phenoxy) is 1. The van der Waals surface area contributed by atoms with Crippen molar-refractivity contribution in [1.29, 1.82) is 0 Å². The number of benzene rings is 2. The van der Waals surface area contributed by atoms with Gasteiger partial charge in [-0.1, -0.05) is 18.2 Å². The van der Waals surface area contributed by atoms with Crippen molar-refractivity contribution in [3.63, 3.8) is 0 Å². The summed E-state index contributed by atoms with van der Waals surface area (Å²) in [6.45, 7) is 0. The Morgan fingerprint density at radius 3 is 2.18 bits per heavy atom. The van der Waals surface area contributed by atoms with E-state index >= 15 is 0 Å². The molecular weight excluding hydrogens is 309 g/mol. The lowest BCUT2D eigenvalue weighted by Gasteiger charge is -2.13. The minimum absolute atomic E-state index is 0.0539. The molecule has 0 amide bonds. The second-order valence-corrected chi connectivity index (χ2v) is 6.18. The number of primary sulfonamides is 1. The third-order valence-electron chi connectivity index (χ3n) is 3.24. The van der Waals surface area contributed by atoms with Crippen LogP contribution in [-0.2, 0) is 14.8 Å². The smallest absolute Gasteiger partial charge is 0.238 e. The van der Waals surface area contributed by atoms with Crippen LogP contribution in [0.1, 0.15) is 17.0 Å². The van der Waals surface area contributed by atoms with E-state index < -0.39 is 21.8 Å². The molecule has 0 spiro atoms. The topological polar surface area (TPSA) is 86.5 Å². The van der Waals surface area contributed by atoms with E-state index in [0.29, 0.717) is 17.4 Å². The lowest BCUT2D eigenvalue weighted by Crippen LogP contribution is -2.12. The van der Waals surface area contributed by atoms with E-state index in [9.17, 15) is 17.6 Å². The normalized spacial score (nSPS) is 12.7. The Morgan fingerprint density at radius 1 is 1.14 bits per heavy atom. The highest BCUT2D eigenvalue weighted by Crippen LogP contribution is 2.27. The highest BCUT2D eigenvalue weighted by Gasteiger charge is 2.16. The summed E-state index contributed by atoms with van der Waals surface area (Å²) < 4.78 is 41.0. The molecule has 2 aromatic rings. The third-order valence-corrected chi connectivity index (χ3v) is 4.17. The highest BCUT2D eigenvalue weighted by atomic mass is 32.2. The molecule has 0 bridgehead atoms. The molecule has 1 atom stereocenters. The molecule has 0 aliphatic rings. The molecule has 0 aliphatic heterocycles. The zero-order valence-electron chi connectivity index (χ0n) is 11.7. The number of methoxy groups -OCH3 is 1. The standard InChI is InChI=1S/C15H14FNO4S/c1-21-15-7-4-11(8-14(15)16)13(9-18)10-2-5-12(6-3-10)22(17,19)20/h2-9,13H,1H3,(H2,17,19,20). The number of hydrogen-bond acceptors (Lipinski definition) is 4. The van der Waals surface area contributed by atoms with Crippen LogP contribution in [0.5, 0.6) is 5.75 Å². The van der Waals surface area contributed by atoms with Crippen molar-refractivity contribution in [3.8, 4) is 5.75 Å². The molecule has 2 aromatic carbocycles. The quantitative estimate of drug-likeness (QED) is 0.850. The number of sulfonamides is 1. The molecule has 0 heterocycles. The van der Waals surface area contributed by atoms with Gasteiger partial charge in [0.15, 0.2) is 11.6 Å². The van der Waals surface area contributed by atoms with Crippen LogP contribution in [0.15, 0.2) is 47.4 Å². The van der Waals surface area contributed by atoms with Crippen molar-refractivity contribution in [3.05, 3.63) is 59.4 Å².